The largest absolute Gasteiger partial charge is 0.380 e. The Morgan fingerprint density at radius 1 is 1.26 bits per heavy atom. The molecule has 0 unspecified atom stereocenters. The van der Waals surface area contributed by atoms with Gasteiger partial charge in [0, 0.05) is 38.2 Å². The summed E-state index contributed by atoms with van der Waals surface area (Å²) in [5, 5.41) is 3.29. The van der Waals surface area contributed by atoms with Crippen molar-refractivity contribution in [3.8, 4) is 0 Å². The van der Waals surface area contributed by atoms with Crippen molar-refractivity contribution in [1.29, 1.82) is 0 Å². The first-order valence-electron chi connectivity index (χ1n) is 9.08. The van der Waals surface area contributed by atoms with Crippen LogP contribution in [0.3, 0.4) is 0 Å². The van der Waals surface area contributed by atoms with Crippen LogP contribution in [0.1, 0.15) is 37.4 Å². The molecule has 10 heteroatoms. The Labute approximate surface area is 172 Å². The standard InChI is InChI=1S/C17H28N6O2.2ClH/c1-2-25-11-8-20-14-12-4-9-23(15(24)17(19)6-3-7-17)10-5-13(12)21-16(18)22-14;;/h2-11,19H2,1H3,(H3,18,20,21,22);2*1H. The summed E-state index contributed by atoms with van der Waals surface area (Å²) in [6.07, 6.45) is 3.98. The van der Waals surface area contributed by atoms with E-state index in [1.54, 1.807) is 0 Å². The van der Waals surface area contributed by atoms with E-state index in [1.807, 2.05) is 11.8 Å². The van der Waals surface area contributed by atoms with E-state index < -0.39 is 5.54 Å². The minimum atomic E-state index is -0.653. The number of hydrogen-bond donors (Lipinski definition) is 3. The second-order valence-electron chi connectivity index (χ2n) is 6.78. The van der Waals surface area contributed by atoms with E-state index in [1.165, 1.54) is 0 Å². The molecule has 2 aliphatic rings. The predicted octanol–water partition coefficient (Wildman–Crippen LogP) is 1.16. The molecule has 27 heavy (non-hydrogen) atoms. The van der Waals surface area contributed by atoms with E-state index in [4.69, 9.17) is 16.2 Å². The van der Waals surface area contributed by atoms with Crippen LogP contribution in [0.15, 0.2) is 0 Å². The Bertz CT molecular complexity index is 642. The molecule has 154 valence electrons. The average molecular weight is 421 g/mol. The van der Waals surface area contributed by atoms with E-state index in [9.17, 15) is 4.79 Å². The van der Waals surface area contributed by atoms with Gasteiger partial charge in [-0.05, 0) is 32.6 Å². The van der Waals surface area contributed by atoms with Gasteiger partial charge < -0.3 is 26.4 Å². The number of rotatable bonds is 6. The lowest BCUT2D eigenvalue weighted by Gasteiger charge is -2.40. The Morgan fingerprint density at radius 2 is 1.96 bits per heavy atom. The first kappa shape index (κ1) is 23.7. The smallest absolute Gasteiger partial charge is 0.242 e. The van der Waals surface area contributed by atoms with Crippen LogP contribution in [-0.2, 0) is 22.4 Å². The summed E-state index contributed by atoms with van der Waals surface area (Å²) in [6.45, 7) is 5.18. The molecule has 1 aliphatic carbocycles. The molecule has 5 N–H and O–H groups in total. The number of aromatic nitrogens is 2. The lowest BCUT2D eigenvalue weighted by molar-refractivity contribution is -0.140. The van der Waals surface area contributed by atoms with Gasteiger partial charge in [-0.25, -0.2) is 4.98 Å². The van der Waals surface area contributed by atoms with Crippen LogP contribution >= 0.6 is 24.8 Å². The normalized spacial score (nSPS) is 17.5. The van der Waals surface area contributed by atoms with Crippen molar-refractivity contribution >= 4 is 42.5 Å². The summed E-state index contributed by atoms with van der Waals surface area (Å²) >= 11 is 0. The molecule has 0 saturated heterocycles. The highest BCUT2D eigenvalue weighted by Crippen LogP contribution is 2.32. The number of amides is 1. The van der Waals surface area contributed by atoms with E-state index in [0.29, 0.717) is 45.7 Å². The fraction of sp³-hybridized carbons (Fsp3) is 0.706. The predicted molar refractivity (Wildman–Crippen MR) is 111 cm³/mol. The van der Waals surface area contributed by atoms with Gasteiger partial charge in [0.2, 0.25) is 11.9 Å². The molecule has 0 spiro atoms. The second-order valence-corrected chi connectivity index (χ2v) is 6.78. The van der Waals surface area contributed by atoms with Crippen LogP contribution in [0.4, 0.5) is 11.8 Å². The van der Waals surface area contributed by atoms with Gasteiger partial charge in [-0.3, -0.25) is 4.79 Å². The SMILES string of the molecule is CCOCCNc1nc(N)nc2c1CCN(C(=O)C1(N)CCC1)CC2.Cl.Cl. The number of nitrogen functional groups attached to an aromatic ring is 1. The summed E-state index contributed by atoms with van der Waals surface area (Å²) < 4.78 is 5.36. The highest BCUT2D eigenvalue weighted by Gasteiger charge is 2.43. The Kier molecular flexibility index (Phi) is 9.01. The molecule has 1 aromatic heterocycles. The molecule has 1 amide bonds. The Hall–Kier alpha value is -1.35. The zero-order valence-corrected chi connectivity index (χ0v) is 17.3. The average Bonchev–Trinajstić information content (AvgIpc) is 2.78. The van der Waals surface area contributed by atoms with Crippen LogP contribution in [-0.4, -0.2) is 59.2 Å². The first-order chi connectivity index (χ1) is 12.0. The number of carbonyl (C=O) groups is 1. The van der Waals surface area contributed by atoms with Crippen LogP contribution < -0.4 is 16.8 Å². The molecule has 2 heterocycles. The van der Waals surface area contributed by atoms with Crippen LogP contribution in [0.5, 0.6) is 0 Å². The quantitative estimate of drug-likeness (QED) is 0.590. The summed E-state index contributed by atoms with van der Waals surface area (Å²) in [7, 11) is 0. The molecule has 1 fully saturated rings. The van der Waals surface area contributed by atoms with Gasteiger partial charge in [0.15, 0.2) is 0 Å². The van der Waals surface area contributed by atoms with Crippen LogP contribution in [0, 0.1) is 0 Å². The van der Waals surface area contributed by atoms with Crippen molar-refractivity contribution in [1.82, 2.24) is 14.9 Å². The van der Waals surface area contributed by atoms with E-state index >= 15 is 0 Å². The van der Waals surface area contributed by atoms with Crippen molar-refractivity contribution in [2.45, 2.75) is 44.6 Å². The zero-order valence-electron chi connectivity index (χ0n) is 15.7. The lowest BCUT2D eigenvalue weighted by Crippen LogP contribution is -2.59. The van der Waals surface area contributed by atoms with Crippen molar-refractivity contribution in [3.63, 3.8) is 0 Å². The molecule has 1 saturated carbocycles. The fourth-order valence-corrected chi connectivity index (χ4v) is 3.44. The number of fused-ring (bicyclic) bond motifs is 1. The van der Waals surface area contributed by atoms with Gasteiger partial charge in [0.05, 0.1) is 17.8 Å². The third kappa shape index (κ3) is 5.34. The van der Waals surface area contributed by atoms with Gasteiger partial charge in [0.25, 0.3) is 0 Å². The van der Waals surface area contributed by atoms with Gasteiger partial charge >= 0.3 is 0 Å². The van der Waals surface area contributed by atoms with Gasteiger partial charge in [-0.1, -0.05) is 0 Å². The third-order valence-electron chi connectivity index (χ3n) is 5.06. The summed E-state index contributed by atoms with van der Waals surface area (Å²) in [6, 6.07) is 0. The van der Waals surface area contributed by atoms with Crippen molar-refractivity contribution in [3.05, 3.63) is 11.3 Å². The minimum absolute atomic E-state index is 0. The molecular formula is C17H30Cl2N6O2. The van der Waals surface area contributed by atoms with E-state index in [2.05, 4.69) is 15.3 Å². The number of carbonyl (C=O) groups excluding carboxylic acids is 1. The van der Waals surface area contributed by atoms with Crippen LogP contribution in [0.2, 0.25) is 0 Å². The van der Waals surface area contributed by atoms with Crippen molar-refractivity contribution < 1.29 is 9.53 Å². The number of nitrogens with two attached hydrogens (primary N) is 2. The highest BCUT2D eigenvalue weighted by atomic mass is 35.5. The van der Waals surface area contributed by atoms with Gasteiger partial charge in [0.1, 0.15) is 5.82 Å². The number of nitrogens with zero attached hydrogens (tertiary/aromatic N) is 3. The molecule has 0 aromatic carbocycles. The summed E-state index contributed by atoms with van der Waals surface area (Å²) in [5.74, 6) is 1.08. The molecule has 1 aromatic rings. The molecule has 0 atom stereocenters. The van der Waals surface area contributed by atoms with Crippen molar-refractivity contribution in [2.75, 3.05) is 43.9 Å². The van der Waals surface area contributed by atoms with E-state index in [0.717, 1.165) is 36.3 Å². The number of nitrogens with one attached hydrogen (secondary N) is 1. The van der Waals surface area contributed by atoms with Crippen molar-refractivity contribution in [2.24, 2.45) is 5.73 Å². The maximum absolute atomic E-state index is 12.7. The third-order valence-corrected chi connectivity index (χ3v) is 5.06. The number of ether oxygens (including phenoxy) is 1. The zero-order chi connectivity index (χ0) is 17.9. The van der Waals surface area contributed by atoms with Gasteiger partial charge in [-0.15, -0.1) is 24.8 Å². The van der Waals surface area contributed by atoms with Gasteiger partial charge in [-0.2, -0.15) is 4.98 Å². The molecular weight excluding hydrogens is 391 g/mol. The summed E-state index contributed by atoms with van der Waals surface area (Å²) in [4.78, 5) is 23.3. The number of halogens is 2. The Balaban J connectivity index is 0.00000182. The lowest BCUT2D eigenvalue weighted by atomic mass is 9.76. The number of anilines is 2. The maximum Gasteiger partial charge on any atom is 0.242 e. The Morgan fingerprint density at radius 3 is 2.59 bits per heavy atom. The number of hydrogen-bond acceptors (Lipinski definition) is 7. The fourth-order valence-electron chi connectivity index (χ4n) is 3.44. The molecule has 8 nitrogen and oxygen atoms in total. The summed E-state index contributed by atoms with van der Waals surface area (Å²) in [5.41, 5.74) is 13.4. The second kappa shape index (κ2) is 10.3. The monoisotopic (exact) mass is 420 g/mol. The first-order valence-corrected chi connectivity index (χ1v) is 9.08. The highest BCUT2D eigenvalue weighted by molar-refractivity contribution is 5.87. The minimum Gasteiger partial charge on any atom is -0.380 e. The topological polar surface area (TPSA) is 119 Å². The molecule has 3 rings (SSSR count). The molecule has 1 aliphatic heterocycles. The molecule has 0 radical (unpaired) electrons. The van der Waals surface area contributed by atoms with E-state index in [-0.39, 0.29) is 36.7 Å². The van der Waals surface area contributed by atoms with Crippen LogP contribution in [0.25, 0.3) is 0 Å². The molecule has 0 bridgehead atoms. The maximum atomic E-state index is 12.7.